The minimum absolute atomic E-state index is 0.164. The predicted octanol–water partition coefficient (Wildman–Crippen LogP) is 3.50. The number of nitrogens with zero attached hydrogens (tertiary/aromatic N) is 5. The van der Waals surface area contributed by atoms with Gasteiger partial charge in [0.2, 0.25) is 5.75 Å². The van der Waals surface area contributed by atoms with Crippen molar-refractivity contribution < 1.29 is 18.8 Å². The molecule has 0 saturated carbocycles. The number of hydrogen-bond acceptors (Lipinski definition) is 7. The Kier molecular flexibility index (Phi) is 6.44. The third kappa shape index (κ3) is 4.54. The summed E-state index contributed by atoms with van der Waals surface area (Å²) in [6.45, 7) is 3.63. The lowest BCUT2D eigenvalue weighted by atomic mass is 9.83. The molecule has 0 saturated heterocycles. The summed E-state index contributed by atoms with van der Waals surface area (Å²) in [6, 6.07) is 5.84. The highest BCUT2D eigenvalue weighted by Gasteiger charge is 2.32. The van der Waals surface area contributed by atoms with Gasteiger partial charge in [0, 0.05) is 36.6 Å². The highest BCUT2D eigenvalue weighted by atomic mass is 35.5. The van der Waals surface area contributed by atoms with Gasteiger partial charge in [0.15, 0.2) is 5.69 Å². The third-order valence-electron chi connectivity index (χ3n) is 5.86. The van der Waals surface area contributed by atoms with Gasteiger partial charge in [0.1, 0.15) is 23.6 Å². The molecule has 1 amide bonds. The second-order valence-electron chi connectivity index (χ2n) is 8.16. The number of anilines is 1. The van der Waals surface area contributed by atoms with Crippen molar-refractivity contribution in [3.05, 3.63) is 86.4 Å². The van der Waals surface area contributed by atoms with Gasteiger partial charge in [0.25, 0.3) is 11.5 Å². The quantitative estimate of drug-likeness (QED) is 0.414. The molecular formula is C23H22ClFN6O4. The van der Waals surface area contributed by atoms with Crippen molar-refractivity contribution in [3.63, 3.8) is 0 Å². The first-order chi connectivity index (χ1) is 16.6. The minimum atomic E-state index is -0.828. The van der Waals surface area contributed by atoms with E-state index in [1.165, 1.54) is 37.7 Å². The summed E-state index contributed by atoms with van der Waals surface area (Å²) in [6.07, 6.45) is 2.44. The van der Waals surface area contributed by atoms with Gasteiger partial charge in [-0.05, 0) is 36.8 Å². The number of rotatable bonds is 6. The van der Waals surface area contributed by atoms with Crippen molar-refractivity contribution in [2.24, 2.45) is 14.1 Å². The van der Waals surface area contributed by atoms with E-state index in [1.54, 1.807) is 18.7 Å². The van der Waals surface area contributed by atoms with E-state index in [4.69, 9.17) is 11.6 Å². The average molecular weight is 501 g/mol. The molecule has 0 aliphatic heterocycles. The van der Waals surface area contributed by atoms with Gasteiger partial charge in [-0.3, -0.25) is 18.8 Å². The van der Waals surface area contributed by atoms with Crippen molar-refractivity contribution in [2.75, 3.05) is 5.32 Å². The second kappa shape index (κ2) is 9.34. The Morgan fingerprint density at radius 2 is 2.03 bits per heavy atom. The molecule has 182 valence electrons. The summed E-state index contributed by atoms with van der Waals surface area (Å²) in [4.78, 5) is 30.0. The number of amides is 1. The Hall–Kier alpha value is -3.99. The molecule has 4 aromatic rings. The van der Waals surface area contributed by atoms with Crippen LogP contribution in [0.3, 0.4) is 0 Å². The predicted molar refractivity (Wildman–Crippen MR) is 125 cm³/mol. The first kappa shape index (κ1) is 24.1. The van der Waals surface area contributed by atoms with E-state index < -0.39 is 40.6 Å². The summed E-state index contributed by atoms with van der Waals surface area (Å²) >= 11 is 6.47. The molecule has 2 atom stereocenters. The molecule has 3 aromatic heterocycles. The van der Waals surface area contributed by atoms with Crippen molar-refractivity contribution in [1.82, 2.24) is 24.5 Å². The SMILES string of the molecule is Cc1cc([C@@H](c2cc(F)ccc2Cl)[C@H](C)c2nc(C(=O)Nc3cnoc3)c(O)c(=O)n2C)nn1C. The van der Waals surface area contributed by atoms with E-state index in [0.29, 0.717) is 16.3 Å². The lowest BCUT2D eigenvalue weighted by molar-refractivity contribution is 0.101. The Bertz CT molecular complexity index is 1440. The Morgan fingerprint density at radius 3 is 2.66 bits per heavy atom. The van der Waals surface area contributed by atoms with Crippen LogP contribution in [-0.4, -0.2) is 35.5 Å². The van der Waals surface area contributed by atoms with Gasteiger partial charge in [0.05, 0.1) is 11.9 Å². The number of halogens is 2. The van der Waals surface area contributed by atoms with E-state index in [2.05, 4.69) is 25.1 Å². The van der Waals surface area contributed by atoms with Crippen LogP contribution in [0.2, 0.25) is 5.02 Å². The fourth-order valence-corrected chi connectivity index (χ4v) is 4.19. The number of nitrogens with one attached hydrogen (secondary N) is 1. The number of carbonyl (C=O) groups is 1. The van der Waals surface area contributed by atoms with Crippen LogP contribution in [0.15, 0.2) is 46.0 Å². The average Bonchev–Trinajstić information content (AvgIpc) is 3.44. The molecule has 4 rings (SSSR count). The second-order valence-corrected chi connectivity index (χ2v) is 8.57. The van der Waals surface area contributed by atoms with E-state index in [0.717, 1.165) is 10.3 Å². The summed E-state index contributed by atoms with van der Waals surface area (Å²) < 4.78 is 21.8. The van der Waals surface area contributed by atoms with Crippen LogP contribution < -0.4 is 10.9 Å². The van der Waals surface area contributed by atoms with E-state index in [9.17, 15) is 19.1 Å². The molecule has 0 unspecified atom stereocenters. The number of aromatic nitrogens is 5. The summed E-state index contributed by atoms with van der Waals surface area (Å²) in [5, 5.41) is 21.2. The number of aromatic hydroxyl groups is 1. The zero-order chi connectivity index (χ0) is 25.4. The normalized spacial score (nSPS) is 13.0. The van der Waals surface area contributed by atoms with Gasteiger partial charge >= 0.3 is 0 Å². The zero-order valence-electron chi connectivity index (χ0n) is 19.3. The van der Waals surface area contributed by atoms with Crippen molar-refractivity contribution in [2.45, 2.75) is 25.7 Å². The number of carbonyl (C=O) groups excluding carboxylic acids is 1. The lowest BCUT2D eigenvalue weighted by Crippen LogP contribution is -2.29. The van der Waals surface area contributed by atoms with Gasteiger partial charge in [-0.1, -0.05) is 23.7 Å². The van der Waals surface area contributed by atoms with Crippen LogP contribution in [-0.2, 0) is 14.1 Å². The van der Waals surface area contributed by atoms with E-state index in [1.807, 2.05) is 13.0 Å². The molecule has 12 heteroatoms. The molecular weight excluding hydrogens is 479 g/mol. The highest BCUT2D eigenvalue weighted by Crippen LogP contribution is 2.40. The number of benzene rings is 1. The fourth-order valence-electron chi connectivity index (χ4n) is 3.96. The Labute approximate surface area is 204 Å². The molecule has 0 aliphatic carbocycles. The lowest BCUT2D eigenvalue weighted by Gasteiger charge is -2.25. The maximum atomic E-state index is 14.3. The Balaban J connectivity index is 1.87. The molecule has 0 aliphatic rings. The van der Waals surface area contributed by atoms with Crippen molar-refractivity contribution >= 4 is 23.2 Å². The molecule has 3 heterocycles. The maximum Gasteiger partial charge on any atom is 0.296 e. The van der Waals surface area contributed by atoms with Crippen LogP contribution >= 0.6 is 11.6 Å². The van der Waals surface area contributed by atoms with Crippen molar-refractivity contribution in [1.29, 1.82) is 0 Å². The molecule has 1 aromatic carbocycles. The number of aryl methyl sites for hydroxylation is 2. The molecule has 0 bridgehead atoms. The molecule has 0 radical (unpaired) electrons. The topological polar surface area (TPSA) is 128 Å². The fraction of sp³-hybridized carbons (Fsp3) is 0.261. The zero-order valence-corrected chi connectivity index (χ0v) is 20.0. The van der Waals surface area contributed by atoms with Gasteiger partial charge in [-0.15, -0.1) is 0 Å². The molecule has 2 N–H and O–H groups in total. The van der Waals surface area contributed by atoms with Crippen molar-refractivity contribution in [3.8, 4) is 5.75 Å². The summed E-state index contributed by atoms with van der Waals surface area (Å²) in [5.41, 5.74) is 0.792. The number of hydrogen-bond donors (Lipinski definition) is 2. The summed E-state index contributed by atoms with van der Waals surface area (Å²) in [5.74, 6) is -3.22. The van der Waals surface area contributed by atoms with E-state index >= 15 is 0 Å². The first-order valence-corrected chi connectivity index (χ1v) is 10.9. The largest absolute Gasteiger partial charge is 0.501 e. The third-order valence-corrected chi connectivity index (χ3v) is 6.20. The monoisotopic (exact) mass is 500 g/mol. The standard InChI is InChI=1S/C23H22ClFN6O4/c1-11-7-17(29-31(11)4)18(15-8-13(25)5-6-16(15)24)12(2)21-28-19(20(32)23(34)30(21)3)22(33)27-14-9-26-35-10-14/h5-10,12,18,32H,1-4H3,(H,27,33)/t12-,18+/m0/s1. The highest BCUT2D eigenvalue weighted by molar-refractivity contribution is 6.31. The van der Waals surface area contributed by atoms with Gasteiger partial charge in [-0.2, -0.15) is 5.10 Å². The van der Waals surface area contributed by atoms with Gasteiger partial charge in [-0.25, -0.2) is 9.37 Å². The van der Waals surface area contributed by atoms with Crippen LogP contribution in [0.4, 0.5) is 10.1 Å². The van der Waals surface area contributed by atoms with E-state index in [-0.39, 0.29) is 11.5 Å². The molecule has 35 heavy (non-hydrogen) atoms. The summed E-state index contributed by atoms with van der Waals surface area (Å²) in [7, 11) is 3.20. The smallest absolute Gasteiger partial charge is 0.296 e. The first-order valence-electron chi connectivity index (χ1n) is 10.5. The van der Waals surface area contributed by atoms with Crippen LogP contribution in [0.1, 0.15) is 52.0 Å². The molecule has 10 nitrogen and oxygen atoms in total. The molecule has 0 fully saturated rings. The van der Waals surface area contributed by atoms with Gasteiger partial charge < -0.3 is 14.9 Å². The Morgan fingerprint density at radius 1 is 1.29 bits per heavy atom. The van der Waals surface area contributed by atoms with Crippen LogP contribution in [0.5, 0.6) is 5.75 Å². The van der Waals surface area contributed by atoms with Crippen LogP contribution in [0.25, 0.3) is 0 Å². The maximum absolute atomic E-state index is 14.3. The minimum Gasteiger partial charge on any atom is -0.501 e. The molecule has 0 spiro atoms. The van der Waals surface area contributed by atoms with Crippen LogP contribution in [0, 0.1) is 12.7 Å².